The van der Waals surface area contributed by atoms with Crippen molar-refractivity contribution in [2.45, 2.75) is 379 Å². The Labute approximate surface area is 444 Å². The quantitative estimate of drug-likeness (QED) is 0.0308. The Morgan fingerprint density at radius 1 is 0.338 bits per heavy atom. The Morgan fingerprint density at radius 3 is 0.887 bits per heavy atom. The highest BCUT2D eigenvalue weighted by atomic mass is 16.3. The number of amides is 1. The first kappa shape index (κ1) is 69.8. The number of carbonyl (C=O) groups excluding carboxylic acids is 1. The zero-order valence-corrected chi connectivity index (χ0v) is 48.0. The summed E-state index contributed by atoms with van der Waals surface area (Å²) in [5.74, 6) is -0.590. The predicted molar refractivity (Wildman–Crippen MR) is 311 cm³/mol. The van der Waals surface area contributed by atoms with Gasteiger partial charge in [0.25, 0.3) is 0 Å². The van der Waals surface area contributed by atoms with Gasteiger partial charge in [0.05, 0.1) is 18.8 Å². The Balaban J connectivity index is 3.61. The van der Waals surface area contributed by atoms with Crippen LogP contribution in [0.1, 0.15) is 354 Å². The molecule has 0 heterocycles. The lowest BCUT2D eigenvalue weighted by molar-refractivity contribution is -0.132. The van der Waals surface area contributed by atoms with Crippen LogP contribution in [0.15, 0.2) is 24.3 Å². The molecule has 0 aliphatic carbocycles. The minimum absolute atomic E-state index is 0.365. The number of nitrogens with one attached hydrogen (secondary N) is 1. The van der Waals surface area contributed by atoms with Gasteiger partial charge in [-0.1, -0.05) is 327 Å². The van der Waals surface area contributed by atoms with E-state index in [1.807, 2.05) is 0 Å². The van der Waals surface area contributed by atoms with Gasteiger partial charge in [0.15, 0.2) is 0 Å². The zero-order valence-electron chi connectivity index (χ0n) is 48.0. The Bertz CT molecular complexity index is 1080. The van der Waals surface area contributed by atoms with Gasteiger partial charge in [-0.3, -0.25) is 4.79 Å². The van der Waals surface area contributed by atoms with E-state index in [-0.39, 0.29) is 0 Å². The zero-order chi connectivity index (χ0) is 51.6. The number of rotatable bonds is 60. The Morgan fingerprint density at radius 2 is 0.592 bits per heavy atom. The van der Waals surface area contributed by atoms with Crippen molar-refractivity contribution in [3.8, 4) is 0 Å². The maximum absolute atomic E-state index is 12.6. The Kier molecular flexibility index (Phi) is 58.6. The first-order chi connectivity index (χ1) is 35.0. The van der Waals surface area contributed by atoms with E-state index in [9.17, 15) is 25.2 Å². The van der Waals surface area contributed by atoms with E-state index in [2.05, 4.69) is 43.5 Å². The highest BCUT2D eigenvalue weighted by Gasteiger charge is 2.28. The fraction of sp³-hybridized carbons (Fsp3) is 0.923. The number of allylic oxidation sites excluding steroid dienone is 4. The molecule has 0 spiro atoms. The topological polar surface area (TPSA) is 110 Å². The summed E-state index contributed by atoms with van der Waals surface area (Å²) in [7, 11) is 0. The van der Waals surface area contributed by atoms with Crippen LogP contribution in [0.25, 0.3) is 0 Å². The van der Waals surface area contributed by atoms with Crippen LogP contribution in [-0.2, 0) is 4.79 Å². The summed E-state index contributed by atoms with van der Waals surface area (Å²) < 4.78 is 0. The fourth-order valence-electron chi connectivity index (χ4n) is 10.4. The van der Waals surface area contributed by atoms with Gasteiger partial charge in [0.2, 0.25) is 5.91 Å². The molecule has 0 bridgehead atoms. The SMILES string of the molecule is CCCCCCCCCCCCCCCCCCCCCCCC/C=C/CC/C=C/CCCC(O)C(O)C(CO)NC(=O)C(O)CCCCCCCCCCCCCCCCCCCCCCCCCC. The summed E-state index contributed by atoms with van der Waals surface area (Å²) in [4.78, 5) is 12.6. The van der Waals surface area contributed by atoms with Gasteiger partial charge in [0.1, 0.15) is 12.2 Å². The molecule has 0 aromatic heterocycles. The maximum Gasteiger partial charge on any atom is 0.249 e. The average molecular weight is 1000 g/mol. The minimum Gasteiger partial charge on any atom is -0.394 e. The number of hydrogen-bond donors (Lipinski definition) is 5. The number of carbonyl (C=O) groups is 1. The molecule has 5 N–H and O–H groups in total. The minimum atomic E-state index is -1.29. The number of hydrogen-bond acceptors (Lipinski definition) is 5. The molecular formula is C65H127NO5. The summed E-state index contributed by atoms with van der Waals surface area (Å²) in [6.45, 7) is 4.09. The molecule has 4 unspecified atom stereocenters. The van der Waals surface area contributed by atoms with Crippen molar-refractivity contribution in [2.75, 3.05) is 6.61 Å². The molecular weight excluding hydrogens is 875 g/mol. The van der Waals surface area contributed by atoms with Crippen molar-refractivity contribution < 1.29 is 25.2 Å². The lowest BCUT2D eigenvalue weighted by atomic mass is 10.00. The Hall–Kier alpha value is -1.21. The van der Waals surface area contributed by atoms with E-state index in [4.69, 9.17) is 0 Å². The molecule has 0 aromatic carbocycles. The molecule has 6 nitrogen and oxygen atoms in total. The summed E-state index contributed by atoms with van der Waals surface area (Å²) in [5.41, 5.74) is 0. The van der Waals surface area contributed by atoms with Crippen LogP contribution >= 0.6 is 0 Å². The van der Waals surface area contributed by atoms with Crippen molar-refractivity contribution in [1.29, 1.82) is 0 Å². The molecule has 0 fully saturated rings. The maximum atomic E-state index is 12.6. The molecule has 1 amide bonds. The first-order valence-corrected chi connectivity index (χ1v) is 32.2. The second-order valence-corrected chi connectivity index (χ2v) is 22.5. The second kappa shape index (κ2) is 59.7. The lowest BCUT2D eigenvalue weighted by Crippen LogP contribution is -2.53. The third-order valence-corrected chi connectivity index (χ3v) is 15.4. The molecule has 4 atom stereocenters. The summed E-state index contributed by atoms with van der Waals surface area (Å²) in [6.07, 6.45) is 74.3. The van der Waals surface area contributed by atoms with Gasteiger partial charge < -0.3 is 25.7 Å². The molecule has 0 rings (SSSR count). The smallest absolute Gasteiger partial charge is 0.249 e. The normalized spacial score (nSPS) is 13.7. The van der Waals surface area contributed by atoms with Gasteiger partial charge in [0, 0.05) is 0 Å². The number of aliphatic hydroxyl groups excluding tert-OH is 4. The summed E-state index contributed by atoms with van der Waals surface area (Å²) in [6, 6.07) is -1.01. The van der Waals surface area contributed by atoms with Crippen LogP contribution in [0.4, 0.5) is 0 Å². The summed E-state index contributed by atoms with van der Waals surface area (Å²) >= 11 is 0. The largest absolute Gasteiger partial charge is 0.394 e. The third kappa shape index (κ3) is 53.4. The molecule has 422 valence electrons. The molecule has 0 saturated carbocycles. The van der Waals surface area contributed by atoms with Crippen molar-refractivity contribution in [3.05, 3.63) is 24.3 Å². The van der Waals surface area contributed by atoms with Crippen molar-refractivity contribution in [3.63, 3.8) is 0 Å². The van der Waals surface area contributed by atoms with Gasteiger partial charge in [-0.15, -0.1) is 0 Å². The van der Waals surface area contributed by atoms with Gasteiger partial charge in [-0.25, -0.2) is 0 Å². The standard InChI is InChI=1S/C65H127NO5/c1-3-5-7-9-11-13-15-17-19-21-23-25-27-29-30-31-32-33-34-35-37-38-40-42-44-46-48-50-52-54-56-58-62(68)64(70)61(60-67)66-65(71)63(69)59-57-55-53-51-49-47-45-43-41-39-36-28-26-24-22-20-18-16-14-12-10-8-6-4-2/h42,44,50,52,61-64,67-70H,3-41,43,45-49,51,53-60H2,1-2H3,(H,66,71)/b44-42+,52-50+. The van der Waals surface area contributed by atoms with Gasteiger partial charge in [-0.05, 0) is 51.4 Å². The molecule has 0 radical (unpaired) electrons. The highest BCUT2D eigenvalue weighted by molar-refractivity contribution is 5.80. The average Bonchev–Trinajstić information content (AvgIpc) is 3.38. The third-order valence-electron chi connectivity index (χ3n) is 15.4. The number of unbranched alkanes of at least 4 members (excludes halogenated alkanes) is 47. The van der Waals surface area contributed by atoms with Crippen LogP contribution in [0.2, 0.25) is 0 Å². The first-order valence-electron chi connectivity index (χ1n) is 32.2. The van der Waals surface area contributed by atoms with Crippen LogP contribution in [0.3, 0.4) is 0 Å². The van der Waals surface area contributed by atoms with E-state index < -0.39 is 36.9 Å². The molecule has 71 heavy (non-hydrogen) atoms. The highest BCUT2D eigenvalue weighted by Crippen LogP contribution is 2.19. The van der Waals surface area contributed by atoms with Gasteiger partial charge >= 0.3 is 0 Å². The lowest BCUT2D eigenvalue weighted by Gasteiger charge is -2.27. The van der Waals surface area contributed by atoms with Crippen LogP contribution in [0.5, 0.6) is 0 Å². The monoisotopic (exact) mass is 1000 g/mol. The van der Waals surface area contributed by atoms with E-state index in [0.29, 0.717) is 19.3 Å². The van der Waals surface area contributed by atoms with Crippen LogP contribution in [-0.4, -0.2) is 57.3 Å². The predicted octanol–water partition coefficient (Wildman–Crippen LogP) is 19.4. The van der Waals surface area contributed by atoms with E-state index in [1.165, 1.54) is 283 Å². The van der Waals surface area contributed by atoms with Crippen LogP contribution in [0, 0.1) is 0 Å². The second-order valence-electron chi connectivity index (χ2n) is 22.5. The molecule has 0 aliphatic rings. The molecule has 0 saturated heterocycles. The van der Waals surface area contributed by atoms with Crippen molar-refractivity contribution in [2.24, 2.45) is 0 Å². The van der Waals surface area contributed by atoms with E-state index in [1.54, 1.807) is 0 Å². The van der Waals surface area contributed by atoms with Crippen LogP contribution < -0.4 is 5.32 Å². The van der Waals surface area contributed by atoms with E-state index >= 15 is 0 Å². The van der Waals surface area contributed by atoms with Gasteiger partial charge in [-0.2, -0.15) is 0 Å². The molecule has 0 aromatic rings. The number of aliphatic hydroxyl groups is 4. The van der Waals surface area contributed by atoms with Crippen molar-refractivity contribution >= 4 is 5.91 Å². The molecule has 0 aliphatic heterocycles. The summed E-state index contributed by atoms with van der Waals surface area (Å²) in [5, 5.41) is 44.1. The van der Waals surface area contributed by atoms with Crippen molar-refractivity contribution in [1.82, 2.24) is 5.32 Å². The van der Waals surface area contributed by atoms with E-state index in [0.717, 1.165) is 38.5 Å². The fourth-order valence-corrected chi connectivity index (χ4v) is 10.4. The molecule has 6 heteroatoms.